The fourth-order valence-electron chi connectivity index (χ4n) is 7.89. The summed E-state index contributed by atoms with van der Waals surface area (Å²) in [5.74, 6) is 2.14. The summed E-state index contributed by atoms with van der Waals surface area (Å²) in [6.45, 7) is 43.1. The molecular weight excluding hydrogens is 940 g/mol. The van der Waals surface area contributed by atoms with E-state index in [9.17, 15) is 0 Å². The second kappa shape index (κ2) is 16.0. The van der Waals surface area contributed by atoms with Crippen LogP contribution in [0.5, 0.6) is 11.5 Å². The molecule has 6 aromatic rings. The molecule has 0 atom stereocenters. The first-order valence-corrected chi connectivity index (χ1v) is 22.0. The zero-order valence-corrected chi connectivity index (χ0v) is 42.9. The molecule has 0 fully saturated rings. The van der Waals surface area contributed by atoms with Gasteiger partial charge in [-0.2, -0.15) is 6.07 Å². The van der Waals surface area contributed by atoms with Gasteiger partial charge in [0, 0.05) is 61.1 Å². The third-order valence-corrected chi connectivity index (χ3v) is 12.0. The first-order chi connectivity index (χ1) is 28.0. The summed E-state index contributed by atoms with van der Waals surface area (Å²) in [6, 6.07) is 34.3. The summed E-state index contributed by atoms with van der Waals surface area (Å²) in [7, 11) is 0. The van der Waals surface area contributed by atoms with Crippen LogP contribution in [0.2, 0.25) is 0 Å². The molecule has 0 radical (unpaired) electrons. The summed E-state index contributed by atoms with van der Waals surface area (Å²) in [5.41, 5.74) is 11.3. The number of allylic oxidation sites excluding steroid dienone is 1. The Kier molecular flexibility index (Phi) is 12.2. The van der Waals surface area contributed by atoms with Crippen molar-refractivity contribution in [3.63, 3.8) is 0 Å². The Morgan fingerprint density at radius 2 is 1.08 bits per heavy atom. The van der Waals surface area contributed by atoms with Crippen molar-refractivity contribution in [1.29, 1.82) is 0 Å². The van der Waals surface area contributed by atoms with Gasteiger partial charge >= 0.3 is 0 Å². The molecule has 6 heteroatoms. The molecule has 1 aliphatic heterocycles. The quantitative estimate of drug-likeness (QED) is 0.161. The third kappa shape index (κ3) is 9.59. The second-order valence-electron chi connectivity index (χ2n) is 23.5. The van der Waals surface area contributed by atoms with Gasteiger partial charge in [0.1, 0.15) is 5.82 Å². The molecule has 0 bridgehead atoms. The molecule has 0 unspecified atom stereocenters. The smallest absolute Gasteiger partial charge is 0.135 e. The van der Waals surface area contributed by atoms with E-state index in [-0.39, 0.29) is 53.6 Å². The number of pyridine rings is 1. The number of aromatic nitrogens is 2. The van der Waals surface area contributed by atoms with E-state index < -0.39 is 0 Å². The Morgan fingerprint density at radius 3 is 1.65 bits per heavy atom. The largest absolute Gasteiger partial charge is 0.509 e. The maximum atomic E-state index is 6.86. The minimum Gasteiger partial charge on any atom is -0.509 e. The standard InChI is InChI=1S/C56H69N4O.Pt/c1-51(2,3)36-19-22-47-46(30-36)45-21-20-43(33-48(45)60(47)50-31-37(23-24-57-50)52(4,5)6)61-44-29-40(55(13,14)15)26-41(32-44)58-34-49(56(16,17)18)59(35-58)42-27-38(53(7,8)9)25-39(28-42)54(10,11)12;/h19-31,34-35H,1-18H3;/q-3;. The van der Waals surface area contributed by atoms with Gasteiger partial charge in [-0.05, 0) is 91.2 Å². The molecule has 0 amide bonds. The summed E-state index contributed by atoms with van der Waals surface area (Å²) >= 11 is 0. The Labute approximate surface area is 388 Å². The van der Waals surface area contributed by atoms with Crippen molar-refractivity contribution in [2.75, 3.05) is 9.80 Å². The monoisotopic (exact) mass is 1010 g/mol. The number of benzene rings is 4. The van der Waals surface area contributed by atoms with Crippen LogP contribution in [0.25, 0.3) is 27.6 Å². The molecular formula is C56H69N4OPt-3. The maximum absolute atomic E-state index is 6.86. The molecule has 2 aromatic heterocycles. The normalized spacial score (nSPS) is 14.5. The van der Waals surface area contributed by atoms with Crippen LogP contribution < -0.4 is 14.5 Å². The number of rotatable bonds is 5. The van der Waals surface area contributed by atoms with Gasteiger partial charge in [0.25, 0.3) is 0 Å². The molecule has 0 saturated carbocycles. The second-order valence-corrected chi connectivity index (χ2v) is 23.5. The molecule has 332 valence electrons. The Morgan fingerprint density at radius 1 is 0.516 bits per heavy atom. The van der Waals surface area contributed by atoms with Crippen LogP contribution in [-0.4, -0.2) is 9.55 Å². The van der Waals surface area contributed by atoms with Crippen LogP contribution in [0.1, 0.15) is 152 Å². The fraction of sp³-hybridized carbons (Fsp3) is 0.429. The molecule has 3 heterocycles. The van der Waals surface area contributed by atoms with E-state index >= 15 is 0 Å². The molecule has 1 aliphatic rings. The summed E-state index contributed by atoms with van der Waals surface area (Å²) in [6.07, 6.45) is 4.19. The van der Waals surface area contributed by atoms with Gasteiger partial charge in [-0.1, -0.05) is 148 Å². The maximum Gasteiger partial charge on any atom is 0.135 e. The van der Waals surface area contributed by atoms with Gasteiger partial charge in [0.2, 0.25) is 0 Å². The Hall–Kier alpha value is -4.34. The van der Waals surface area contributed by atoms with E-state index in [1.807, 2.05) is 12.3 Å². The average molecular weight is 1010 g/mol. The number of fused-ring (bicyclic) bond motifs is 3. The number of ether oxygens (including phenoxy) is 1. The van der Waals surface area contributed by atoms with Crippen molar-refractivity contribution in [2.24, 2.45) is 5.41 Å². The van der Waals surface area contributed by atoms with E-state index in [0.29, 0.717) is 11.5 Å². The van der Waals surface area contributed by atoms with Crippen LogP contribution in [0.3, 0.4) is 0 Å². The van der Waals surface area contributed by atoms with E-state index in [1.165, 1.54) is 39.0 Å². The van der Waals surface area contributed by atoms with Crippen molar-refractivity contribution in [2.45, 2.75) is 152 Å². The van der Waals surface area contributed by atoms with Crippen molar-refractivity contribution in [3.05, 3.63) is 138 Å². The van der Waals surface area contributed by atoms with Crippen molar-refractivity contribution in [1.82, 2.24) is 9.55 Å². The predicted octanol–water partition coefficient (Wildman–Crippen LogP) is 15.4. The third-order valence-electron chi connectivity index (χ3n) is 12.0. The number of hydrogen-bond donors (Lipinski definition) is 0. The van der Waals surface area contributed by atoms with Gasteiger partial charge in [0.05, 0.1) is 0 Å². The molecule has 0 spiro atoms. The molecule has 0 saturated heterocycles. The van der Waals surface area contributed by atoms with E-state index in [4.69, 9.17) is 9.72 Å². The van der Waals surface area contributed by atoms with E-state index in [2.05, 4.69) is 231 Å². The van der Waals surface area contributed by atoms with Gasteiger partial charge in [-0.15, -0.1) is 53.6 Å². The van der Waals surface area contributed by atoms with Crippen LogP contribution in [0, 0.1) is 24.2 Å². The molecule has 0 aliphatic carbocycles. The number of anilines is 2. The topological polar surface area (TPSA) is 33.5 Å². The first kappa shape index (κ1) is 47.1. The van der Waals surface area contributed by atoms with Crippen molar-refractivity contribution in [3.8, 4) is 17.3 Å². The molecule has 0 N–H and O–H groups in total. The summed E-state index contributed by atoms with van der Waals surface area (Å²) < 4.78 is 9.10. The minimum atomic E-state index is -0.144. The first-order valence-electron chi connectivity index (χ1n) is 22.0. The van der Waals surface area contributed by atoms with Crippen molar-refractivity contribution >= 4 is 33.2 Å². The van der Waals surface area contributed by atoms with Crippen LogP contribution in [0.15, 0.2) is 90.9 Å². The zero-order chi connectivity index (χ0) is 44.8. The van der Waals surface area contributed by atoms with E-state index in [0.717, 1.165) is 33.5 Å². The number of hydrogen-bond acceptors (Lipinski definition) is 4. The SMILES string of the molecule is CC(C)(C)C1=CN(c2[c-]c(Oc3[c-]c4c(cc3)c3cc(C(C)(C)C)ccc3n4-c3cc(C(C)(C)C)ccn3)cc(C(C)(C)C)c2)[CH-]N1c1cc(C(C)(C)C)cc(C(C)(C)C)c1.[Pt]. The Balaban J connectivity index is 0.00000641. The van der Waals surface area contributed by atoms with Crippen LogP contribution >= 0.6 is 0 Å². The number of nitrogens with zero attached hydrogens (tertiary/aromatic N) is 4. The Bertz CT molecular complexity index is 2630. The molecule has 62 heavy (non-hydrogen) atoms. The fourth-order valence-corrected chi connectivity index (χ4v) is 7.89. The summed E-state index contributed by atoms with van der Waals surface area (Å²) in [4.78, 5) is 9.53. The van der Waals surface area contributed by atoms with Gasteiger partial charge < -0.3 is 19.1 Å². The molecule has 4 aromatic carbocycles. The van der Waals surface area contributed by atoms with Crippen LogP contribution in [0.4, 0.5) is 11.4 Å². The minimum absolute atomic E-state index is 0. The van der Waals surface area contributed by atoms with Crippen molar-refractivity contribution < 1.29 is 25.8 Å². The zero-order valence-electron chi connectivity index (χ0n) is 40.7. The predicted molar refractivity (Wildman–Crippen MR) is 260 cm³/mol. The van der Waals surface area contributed by atoms with Crippen LogP contribution in [-0.2, 0) is 48.1 Å². The molecule has 7 rings (SSSR count). The van der Waals surface area contributed by atoms with Gasteiger partial charge in [-0.25, -0.2) is 4.98 Å². The van der Waals surface area contributed by atoms with Gasteiger partial charge in [-0.3, -0.25) is 0 Å². The van der Waals surface area contributed by atoms with Gasteiger partial charge in [0.15, 0.2) is 0 Å². The average Bonchev–Trinajstić information content (AvgIpc) is 3.73. The molecule has 5 nitrogen and oxygen atoms in total. The summed E-state index contributed by atoms with van der Waals surface area (Å²) in [5, 5.41) is 2.29. The van der Waals surface area contributed by atoms with E-state index in [1.54, 1.807) is 0 Å².